The standard InChI is InChI=1S/C24H34O2/c1-3-16-14-17-15-18(25)6-7-19(17)20-8-11-23(4-2)21(22(16)20)9-12-24(23)10-5-13-26-24/h5,10,16,20-22H,3-4,6-9,11-15H2,1-2H3/t16-,20-,21+,22-,23+,24+/m1/s1. The maximum atomic E-state index is 12.1. The molecule has 5 rings (SSSR count). The Morgan fingerprint density at radius 3 is 2.81 bits per heavy atom. The Hall–Kier alpha value is -0.890. The van der Waals surface area contributed by atoms with Crippen LogP contribution >= 0.6 is 0 Å². The Bertz CT molecular complexity index is 674. The molecule has 142 valence electrons. The van der Waals surface area contributed by atoms with Gasteiger partial charge >= 0.3 is 0 Å². The van der Waals surface area contributed by atoms with Gasteiger partial charge in [0.25, 0.3) is 0 Å². The minimum Gasteiger partial charge on any atom is -0.366 e. The fourth-order valence-corrected chi connectivity index (χ4v) is 8.21. The second-order valence-electron chi connectivity index (χ2n) is 9.70. The van der Waals surface area contributed by atoms with E-state index >= 15 is 0 Å². The van der Waals surface area contributed by atoms with Crippen LogP contribution < -0.4 is 0 Å². The van der Waals surface area contributed by atoms with Gasteiger partial charge in [0.05, 0.1) is 12.2 Å². The molecule has 2 nitrogen and oxygen atoms in total. The minimum atomic E-state index is 0.0346. The number of allylic oxidation sites excluding steroid dienone is 2. The highest BCUT2D eigenvalue weighted by molar-refractivity contribution is 5.82. The summed E-state index contributed by atoms with van der Waals surface area (Å²) in [6.45, 7) is 5.62. The first-order chi connectivity index (χ1) is 12.6. The molecule has 0 unspecified atom stereocenters. The van der Waals surface area contributed by atoms with Gasteiger partial charge in [-0.15, -0.1) is 0 Å². The monoisotopic (exact) mass is 354 g/mol. The predicted molar refractivity (Wildman–Crippen MR) is 104 cm³/mol. The molecule has 0 radical (unpaired) electrons. The van der Waals surface area contributed by atoms with Crippen LogP contribution in [0, 0.1) is 29.1 Å². The predicted octanol–water partition coefficient (Wildman–Crippen LogP) is 5.62. The second-order valence-corrected chi connectivity index (χ2v) is 9.70. The number of rotatable bonds is 2. The Morgan fingerprint density at radius 1 is 1.19 bits per heavy atom. The highest BCUT2D eigenvalue weighted by Gasteiger charge is 2.65. The van der Waals surface area contributed by atoms with E-state index in [1.165, 1.54) is 44.9 Å². The quantitative estimate of drug-likeness (QED) is 0.601. The van der Waals surface area contributed by atoms with Gasteiger partial charge < -0.3 is 4.74 Å². The summed E-state index contributed by atoms with van der Waals surface area (Å²) < 4.78 is 6.47. The summed E-state index contributed by atoms with van der Waals surface area (Å²) in [5, 5.41) is 0. The second kappa shape index (κ2) is 6.06. The van der Waals surface area contributed by atoms with Gasteiger partial charge in [0.1, 0.15) is 5.78 Å². The zero-order chi connectivity index (χ0) is 17.9. The first-order valence-electron chi connectivity index (χ1n) is 11.2. The van der Waals surface area contributed by atoms with Crippen molar-refractivity contribution < 1.29 is 9.53 Å². The topological polar surface area (TPSA) is 26.3 Å². The average Bonchev–Trinajstić information content (AvgIpc) is 3.27. The van der Waals surface area contributed by atoms with Crippen molar-refractivity contribution in [2.45, 2.75) is 83.7 Å². The van der Waals surface area contributed by atoms with Gasteiger partial charge in [0, 0.05) is 18.3 Å². The molecule has 0 saturated heterocycles. The highest BCUT2D eigenvalue weighted by Crippen LogP contribution is 2.68. The molecule has 0 aromatic carbocycles. The zero-order valence-electron chi connectivity index (χ0n) is 16.6. The molecule has 2 saturated carbocycles. The molecule has 0 aromatic heterocycles. The fraction of sp³-hybridized carbons (Fsp3) is 0.792. The van der Waals surface area contributed by atoms with E-state index in [2.05, 4.69) is 26.0 Å². The van der Waals surface area contributed by atoms with Crippen molar-refractivity contribution in [1.29, 1.82) is 0 Å². The lowest BCUT2D eigenvalue weighted by molar-refractivity contribution is -0.123. The van der Waals surface area contributed by atoms with E-state index in [-0.39, 0.29) is 5.60 Å². The van der Waals surface area contributed by atoms with Crippen LogP contribution in [0.25, 0.3) is 0 Å². The van der Waals surface area contributed by atoms with E-state index in [1.54, 1.807) is 11.1 Å². The normalized spacial score (nSPS) is 47.2. The number of ether oxygens (including phenoxy) is 1. The third-order valence-electron chi connectivity index (χ3n) is 9.23. The van der Waals surface area contributed by atoms with Crippen molar-refractivity contribution in [2.75, 3.05) is 6.61 Å². The summed E-state index contributed by atoms with van der Waals surface area (Å²) in [5.41, 5.74) is 3.68. The average molecular weight is 355 g/mol. The lowest BCUT2D eigenvalue weighted by atomic mass is 9.48. The third-order valence-corrected chi connectivity index (χ3v) is 9.23. The number of fused-ring (bicyclic) bond motifs is 5. The van der Waals surface area contributed by atoms with E-state index in [0.29, 0.717) is 11.2 Å². The molecule has 2 heteroatoms. The van der Waals surface area contributed by atoms with E-state index in [4.69, 9.17) is 4.74 Å². The van der Waals surface area contributed by atoms with Gasteiger partial charge in [0.2, 0.25) is 0 Å². The van der Waals surface area contributed by atoms with Gasteiger partial charge in [-0.1, -0.05) is 43.6 Å². The molecular formula is C24H34O2. The third kappa shape index (κ3) is 2.11. The van der Waals surface area contributed by atoms with Crippen LogP contribution in [0.3, 0.4) is 0 Å². The smallest absolute Gasteiger partial charge is 0.137 e. The number of carbonyl (C=O) groups is 1. The fourth-order valence-electron chi connectivity index (χ4n) is 8.21. The molecule has 1 spiro atoms. The highest BCUT2D eigenvalue weighted by atomic mass is 16.5. The molecular weight excluding hydrogens is 320 g/mol. The zero-order valence-corrected chi connectivity index (χ0v) is 16.6. The number of ketones is 1. The van der Waals surface area contributed by atoms with Crippen molar-refractivity contribution in [3.63, 3.8) is 0 Å². The van der Waals surface area contributed by atoms with Crippen LogP contribution in [0.2, 0.25) is 0 Å². The first-order valence-corrected chi connectivity index (χ1v) is 11.2. The number of Topliss-reactive ketones (excluding diaryl/α,β-unsaturated/α-hetero) is 1. The van der Waals surface area contributed by atoms with Crippen molar-refractivity contribution in [2.24, 2.45) is 29.1 Å². The Labute approximate surface area is 158 Å². The van der Waals surface area contributed by atoms with Crippen LogP contribution in [0.15, 0.2) is 23.3 Å². The van der Waals surface area contributed by atoms with Gasteiger partial charge in [-0.05, 0) is 68.6 Å². The van der Waals surface area contributed by atoms with Gasteiger partial charge in [-0.25, -0.2) is 0 Å². The van der Waals surface area contributed by atoms with E-state index < -0.39 is 0 Å². The first kappa shape index (κ1) is 17.2. The Kier molecular flexibility index (Phi) is 4.01. The van der Waals surface area contributed by atoms with Crippen molar-refractivity contribution in [3.8, 4) is 0 Å². The summed E-state index contributed by atoms with van der Waals surface area (Å²) >= 11 is 0. The number of hydrogen-bond acceptors (Lipinski definition) is 2. The van der Waals surface area contributed by atoms with Crippen molar-refractivity contribution in [3.05, 3.63) is 23.3 Å². The molecule has 26 heavy (non-hydrogen) atoms. The summed E-state index contributed by atoms with van der Waals surface area (Å²) in [6.07, 6.45) is 16.3. The van der Waals surface area contributed by atoms with Crippen LogP contribution in [0.5, 0.6) is 0 Å². The van der Waals surface area contributed by atoms with E-state index in [0.717, 1.165) is 49.5 Å². The Morgan fingerprint density at radius 2 is 2.08 bits per heavy atom. The summed E-state index contributed by atoms with van der Waals surface area (Å²) in [7, 11) is 0. The molecule has 1 heterocycles. The summed E-state index contributed by atoms with van der Waals surface area (Å²) in [6, 6.07) is 0. The van der Waals surface area contributed by atoms with Gasteiger partial charge in [-0.3, -0.25) is 4.79 Å². The lowest BCUT2D eigenvalue weighted by Gasteiger charge is -2.57. The van der Waals surface area contributed by atoms with Crippen molar-refractivity contribution in [1.82, 2.24) is 0 Å². The SMILES string of the molecule is CC[C@@H]1CC2=C(CCC(=O)C2)[C@H]2CC[C@@]3(CC)[C@@H](CC[C@@]34C=CCO4)[C@H]12. The van der Waals surface area contributed by atoms with Crippen LogP contribution in [-0.4, -0.2) is 18.0 Å². The summed E-state index contributed by atoms with van der Waals surface area (Å²) in [5.74, 6) is 3.67. The maximum absolute atomic E-state index is 12.1. The molecule has 6 atom stereocenters. The van der Waals surface area contributed by atoms with Gasteiger partial charge in [0.15, 0.2) is 0 Å². The molecule has 5 aliphatic rings. The minimum absolute atomic E-state index is 0.0346. The summed E-state index contributed by atoms with van der Waals surface area (Å²) in [4.78, 5) is 12.1. The molecule has 4 aliphatic carbocycles. The maximum Gasteiger partial charge on any atom is 0.137 e. The number of hydrogen-bond donors (Lipinski definition) is 0. The number of carbonyl (C=O) groups excluding carboxylic acids is 1. The molecule has 0 bridgehead atoms. The van der Waals surface area contributed by atoms with Crippen LogP contribution in [0.1, 0.15) is 78.1 Å². The van der Waals surface area contributed by atoms with Gasteiger partial charge in [-0.2, -0.15) is 0 Å². The molecule has 2 fully saturated rings. The lowest BCUT2D eigenvalue weighted by Crippen LogP contribution is -2.54. The van der Waals surface area contributed by atoms with Crippen LogP contribution in [0.4, 0.5) is 0 Å². The molecule has 0 N–H and O–H groups in total. The van der Waals surface area contributed by atoms with Crippen molar-refractivity contribution >= 4 is 5.78 Å². The molecule has 0 amide bonds. The largest absolute Gasteiger partial charge is 0.366 e. The molecule has 1 aliphatic heterocycles. The van der Waals surface area contributed by atoms with E-state index in [9.17, 15) is 4.79 Å². The van der Waals surface area contributed by atoms with E-state index in [1.807, 2.05) is 0 Å². The molecule has 0 aromatic rings. The van der Waals surface area contributed by atoms with Crippen LogP contribution in [-0.2, 0) is 9.53 Å². The Balaban J connectivity index is 1.55.